The summed E-state index contributed by atoms with van der Waals surface area (Å²) in [6.45, 7) is 0. The maximum absolute atomic E-state index is 6.99. The number of fused-ring (bicyclic) bond motifs is 11. The number of aromatic nitrogens is 4. The lowest BCUT2D eigenvalue weighted by Gasteiger charge is -2.11. The van der Waals surface area contributed by atoms with Crippen LogP contribution in [0.1, 0.15) is 0 Å². The molecule has 0 saturated carbocycles. The first-order valence-electron chi connectivity index (χ1n) is 18.4. The predicted octanol–water partition coefficient (Wildman–Crippen LogP) is 13.4. The molecule has 0 unspecified atom stereocenters. The molecule has 6 heteroatoms. The first-order chi connectivity index (χ1) is 27.3. The topological polar surface area (TPSA) is 56.7 Å². The van der Waals surface area contributed by atoms with Crippen LogP contribution in [0.25, 0.3) is 115 Å². The van der Waals surface area contributed by atoms with E-state index in [9.17, 15) is 0 Å². The summed E-state index contributed by atoms with van der Waals surface area (Å²) in [7, 11) is 0. The fraction of sp³-hybridized carbons (Fsp3) is 0. The monoisotopic (exact) mass is 720 g/mol. The van der Waals surface area contributed by atoms with Gasteiger partial charge in [-0.05, 0) is 59.3 Å². The van der Waals surface area contributed by atoms with Gasteiger partial charge in [0.1, 0.15) is 5.58 Å². The van der Waals surface area contributed by atoms with Gasteiger partial charge in [-0.25, -0.2) is 15.0 Å². The Labute approximate surface area is 318 Å². The summed E-state index contributed by atoms with van der Waals surface area (Å²) in [5.41, 5.74) is 7.67. The highest BCUT2D eigenvalue weighted by Crippen LogP contribution is 2.43. The fourth-order valence-electron chi connectivity index (χ4n) is 8.40. The van der Waals surface area contributed by atoms with Crippen LogP contribution < -0.4 is 0 Å². The van der Waals surface area contributed by atoms with Crippen LogP contribution in [-0.4, -0.2) is 19.5 Å². The lowest BCUT2D eigenvalue weighted by Crippen LogP contribution is -2.00. The van der Waals surface area contributed by atoms with E-state index in [2.05, 4.69) is 156 Å². The van der Waals surface area contributed by atoms with Gasteiger partial charge in [-0.15, -0.1) is 11.3 Å². The smallest absolute Gasteiger partial charge is 0.164 e. The molecule has 12 aromatic rings. The maximum atomic E-state index is 6.99. The van der Waals surface area contributed by atoms with Gasteiger partial charge in [-0.3, -0.25) is 0 Å². The van der Waals surface area contributed by atoms with E-state index in [-0.39, 0.29) is 0 Å². The Morgan fingerprint density at radius 3 is 1.80 bits per heavy atom. The number of nitrogens with zero attached hydrogens (tertiary/aromatic N) is 4. The van der Waals surface area contributed by atoms with Gasteiger partial charge in [-0.2, -0.15) is 0 Å². The second-order valence-electron chi connectivity index (χ2n) is 13.9. The Morgan fingerprint density at radius 1 is 0.418 bits per heavy atom. The second-order valence-corrected chi connectivity index (χ2v) is 15.0. The standard InChI is InChI=1S/C49H28N4OS/c1-2-13-29(14-3-1)47-50-48(30-25-26-44-37(27-30)34-18-8-11-24-43(34)55-44)52-49(51-47)38-28-42-45(35-19-5-4-15-31(35)38)36-20-12-23-41(46(36)54-42)53-39-21-9-6-16-32(39)33-17-7-10-22-40(33)53/h1-28H. The number of benzene rings is 8. The average Bonchev–Trinajstić information content (AvgIpc) is 3.93. The number of hydrogen-bond acceptors (Lipinski definition) is 5. The van der Waals surface area contributed by atoms with Crippen LogP contribution in [0.5, 0.6) is 0 Å². The van der Waals surface area contributed by atoms with Gasteiger partial charge in [0.05, 0.1) is 16.7 Å². The molecule has 4 heterocycles. The number of thiophene rings is 1. The van der Waals surface area contributed by atoms with Crippen molar-refractivity contribution in [3.8, 4) is 39.9 Å². The number of hydrogen-bond donors (Lipinski definition) is 0. The summed E-state index contributed by atoms with van der Waals surface area (Å²) in [5, 5.41) is 9.14. The van der Waals surface area contributed by atoms with Crippen molar-refractivity contribution in [1.82, 2.24) is 19.5 Å². The summed E-state index contributed by atoms with van der Waals surface area (Å²) in [5.74, 6) is 1.85. The maximum Gasteiger partial charge on any atom is 0.164 e. The summed E-state index contributed by atoms with van der Waals surface area (Å²) in [6.07, 6.45) is 0. The number of para-hydroxylation sites is 3. The minimum atomic E-state index is 0.598. The van der Waals surface area contributed by atoms with E-state index in [4.69, 9.17) is 19.4 Å². The third kappa shape index (κ3) is 4.55. The van der Waals surface area contributed by atoms with Gasteiger partial charge in [0.25, 0.3) is 0 Å². The van der Waals surface area contributed by atoms with Crippen molar-refractivity contribution in [3.05, 3.63) is 170 Å². The van der Waals surface area contributed by atoms with Crippen LogP contribution in [0.3, 0.4) is 0 Å². The quantitative estimate of drug-likeness (QED) is 0.182. The molecule has 12 rings (SSSR count). The number of rotatable bonds is 4. The molecule has 55 heavy (non-hydrogen) atoms. The van der Waals surface area contributed by atoms with E-state index >= 15 is 0 Å². The molecular formula is C49H28N4OS. The van der Waals surface area contributed by atoms with E-state index in [1.54, 1.807) is 11.3 Å². The Morgan fingerprint density at radius 2 is 1.02 bits per heavy atom. The largest absolute Gasteiger partial charge is 0.454 e. The van der Waals surface area contributed by atoms with Gasteiger partial charge in [0.15, 0.2) is 23.1 Å². The van der Waals surface area contributed by atoms with Crippen LogP contribution in [0.4, 0.5) is 0 Å². The van der Waals surface area contributed by atoms with Crippen LogP contribution in [0, 0.1) is 0 Å². The highest BCUT2D eigenvalue weighted by atomic mass is 32.1. The molecule has 0 aliphatic heterocycles. The Bertz CT molecular complexity index is 3450. The molecule has 0 aliphatic rings. The first kappa shape index (κ1) is 30.3. The van der Waals surface area contributed by atoms with Crippen LogP contribution in [0.15, 0.2) is 174 Å². The third-order valence-electron chi connectivity index (χ3n) is 10.8. The molecule has 0 N–H and O–H groups in total. The normalized spacial score (nSPS) is 12.0. The summed E-state index contributed by atoms with van der Waals surface area (Å²) >= 11 is 1.81. The highest BCUT2D eigenvalue weighted by Gasteiger charge is 2.22. The second kappa shape index (κ2) is 11.7. The predicted molar refractivity (Wildman–Crippen MR) is 228 cm³/mol. The summed E-state index contributed by atoms with van der Waals surface area (Å²) in [4.78, 5) is 15.5. The molecule has 0 fully saturated rings. The SMILES string of the molecule is c1ccc(-c2nc(-c3ccc4sc5ccccc5c4c3)nc(-c3cc4oc5c(-n6c7ccccc7c7ccccc76)cccc5c4c4ccccc34)n2)cc1. The van der Waals surface area contributed by atoms with Crippen molar-refractivity contribution in [3.63, 3.8) is 0 Å². The van der Waals surface area contributed by atoms with Crippen molar-refractivity contribution in [2.24, 2.45) is 0 Å². The molecule has 5 nitrogen and oxygen atoms in total. The molecule has 0 spiro atoms. The zero-order valence-corrected chi connectivity index (χ0v) is 30.1. The average molecular weight is 721 g/mol. The van der Waals surface area contributed by atoms with Crippen molar-refractivity contribution in [2.45, 2.75) is 0 Å². The first-order valence-corrected chi connectivity index (χ1v) is 19.2. The van der Waals surface area contributed by atoms with E-state index < -0.39 is 0 Å². The summed E-state index contributed by atoms with van der Waals surface area (Å²) in [6, 6.07) is 59.5. The molecule has 4 aromatic heterocycles. The lowest BCUT2D eigenvalue weighted by molar-refractivity contribution is 0.666. The van der Waals surface area contributed by atoms with Gasteiger partial charge in [-0.1, -0.05) is 121 Å². The van der Waals surface area contributed by atoms with Crippen molar-refractivity contribution in [1.29, 1.82) is 0 Å². The van der Waals surface area contributed by atoms with E-state index in [1.807, 2.05) is 18.2 Å². The van der Waals surface area contributed by atoms with Crippen molar-refractivity contribution in [2.75, 3.05) is 0 Å². The van der Waals surface area contributed by atoms with Gasteiger partial charge < -0.3 is 8.98 Å². The molecule has 0 saturated heterocycles. The minimum absolute atomic E-state index is 0.598. The fourth-order valence-corrected chi connectivity index (χ4v) is 9.48. The minimum Gasteiger partial charge on any atom is -0.454 e. The van der Waals surface area contributed by atoms with Crippen molar-refractivity contribution >= 4 is 86.0 Å². The van der Waals surface area contributed by atoms with Crippen LogP contribution in [0.2, 0.25) is 0 Å². The molecule has 0 bridgehead atoms. The zero-order chi connectivity index (χ0) is 36.0. The Hall–Kier alpha value is -7.15. The zero-order valence-electron chi connectivity index (χ0n) is 29.3. The molecule has 0 radical (unpaired) electrons. The van der Waals surface area contributed by atoms with E-state index in [1.165, 1.54) is 30.9 Å². The highest BCUT2D eigenvalue weighted by molar-refractivity contribution is 7.25. The van der Waals surface area contributed by atoms with Gasteiger partial charge >= 0.3 is 0 Å². The van der Waals surface area contributed by atoms with Crippen LogP contribution >= 0.6 is 11.3 Å². The molecule has 0 aliphatic carbocycles. The Balaban J connectivity index is 1.12. The number of furan rings is 1. The summed E-state index contributed by atoms with van der Waals surface area (Å²) < 4.78 is 11.8. The lowest BCUT2D eigenvalue weighted by atomic mass is 9.98. The van der Waals surface area contributed by atoms with Gasteiger partial charge in [0.2, 0.25) is 0 Å². The molecule has 0 amide bonds. The van der Waals surface area contributed by atoms with E-state index in [0.29, 0.717) is 17.5 Å². The van der Waals surface area contributed by atoms with Crippen LogP contribution in [-0.2, 0) is 0 Å². The van der Waals surface area contributed by atoms with E-state index in [0.717, 1.165) is 66.1 Å². The van der Waals surface area contributed by atoms with Crippen molar-refractivity contribution < 1.29 is 4.42 Å². The molecule has 0 atom stereocenters. The molecule has 256 valence electrons. The Kier molecular flexibility index (Phi) is 6.44. The third-order valence-corrected chi connectivity index (χ3v) is 12.0. The van der Waals surface area contributed by atoms with Gasteiger partial charge in [0, 0.05) is 58.4 Å². The molecular weight excluding hydrogens is 693 g/mol. The molecule has 8 aromatic carbocycles.